The summed E-state index contributed by atoms with van der Waals surface area (Å²) in [5, 5.41) is 9.91. The first-order valence-electron chi connectivity index (χ1n) is 5.63. The van der Waals surface area contributed by atoms with E-state index in [2.05, 4.69) is 11.1 Å². The molecule has 2 N–H and O–H groups in total. The molecule has 2 aromatic rings. The van der Waals surface area contributed by atoms with Crippen molar-refractivity contribution in [3.63, 3.8) is 0 Å². The molecule has 1 heterocycles. The first-order chi connectivity index (χ1) is 9.19. The third-order valence-corrected chi connectivity index (χ3v) is 3.57. The van der Waals surface area contributed by atoms with Crippen LogP contribution in [0.5, 0.6) is 5.75 Å². The van der Waals surface area contributed by atoms with E-state index < -0.39 is 5.82 Å². The number of hydrogen-bond acceptors (Lipinski definition) is 5. The molecule has 0 aliphatic rings. The Morgan fingerprint density at radius 3 is 2.95 bits per heavy atom. The number of benzene rings is 1. The second-order valence-electron chi connectivity index (χ2n) is 3.78. The largest absolute Gasteiger partial charge is 0.496 e. The van der Waals surface area contributed by atoms with Crippen LogP contribution in [0.25, 0.3) is 11.3 Å². The highest BCUT2D eigenvalue weighted by atomic mass is 32.1. The molecule has 0 saturated heterocycles. The van der Waals surface area contributed by atoms with Crippen molar-refractivity contribution in [3.8, 4) is 23.1 Å². The van der Waals surface area contributed by atoms with Crippen molar-refractivity contribution in [2.75, 3.05) is 13.7 Å². The van der Waals surface area contributed by atoms with Gasteiger partial charge >= 0.3 is 0 Å². The smallest absolute Gasteiger partial charge is 0.133 e. The van der Waals surface area contributed by atoms with E-state index in [0.717, 1.165) is 5.01 Å². The normalized spacial score (nSPS) is 10.2. The average Bonchev–Trinajstić information content (AvgIpc) is 2.82. The Morgan fingerprint density at radius 2 is 2.32 bits per heavy atom. The zero-order valence-electron chi connectivity index (χ0n) is 10.3. The molecule has 0 amide bonds. The molecule has 0 fully saturated rings. The summed E-state index contributed by atoms with van der Waals surface area (Å²) < 4.78 is 18.6. The molecule has 0 radical (unpaired) electrons. The molecule has 0 aliphatic heterocycles. The summed E-state index contributed by atoms with van der Waals surface area (Å²) in [5.74, 6) is 0.0931. The fourth-order valence-electron chi connectivity index (χ4n) is 1.72. The van der Waals surface area contributed by atoms with E-state index in [0.29, 0.717) is 34.8 Å². The van der Waals surface area contributed by atoms with Crippen LogP contribution < -0.4 is 10.5 Å². The zero-order valence-corrected chi connectivity index (χ0v) is 11.1. The van der Waals surface area contributed by atoms with E-state index in [-0.39, 0.29) is 0 Å². The fraction of sp³-hybridized carbons (Fsp3) is 0.231. The lowest BCUT2D eigenvalue weighted by Gasteiger charge is -2.06. The van der Waals surface area contributed by atoms with Gasteiger partial charge in [-0.15, -0.1) is 11.3 Å². The number of nitrogens with zero attached hydrogens (tertiary/aromatic N) is 2. The lowest BCUT2D eigenvalue weighted by Crippen LogP contribution is -2.02. The minimum atomic E-state index is -0.395. The van der Waals surface area contributed by atoms with Crippen molar-refractivity contribution >= 4 is 11.3 Å². The van der Waals surface area contributed by atoms with E-state index in [4.69, 9.17) is 15.7 Å². The highest BCUT2D eigenvalue weighted by Gasteiger charge is 2.17. The highest BCUT2D eigenvalue weighted by Crippen LogP contribution is 2.34. The van der Waals surface area contributed by atoms with Gasteiger partial charge in [0.25, 0.3) is 0 Å². The summed E-state index contributed by atoms with van der Waals surface area (Å²) in [6, 6.07) is 6.23. The fourth-order valence-corrected chi connectivity index (χ4v) is 2.61. The molecule has 2 rings (SSSR count). The number of methoxy groups -OCH3 is 1. The Bertz CT molecular complexity index is 633. The van der Waals surface area contributed by atoms with Gasteiger partial charge in [-0.3, -0.25) is 0 Å². The number of rotatable bonds is 4. The Balaban J connectivity index is 2.57. The van der Waals surface area contributed by atoms with Crippen LogP contribution in [0.3, 0.4) is 0 Å². The quantitative estimate of drug-likeness (QED) is 0.931. The van der Waals surface area contributed by atoms with Crippen molar-refractivity contribution in [2.24, 2.45) is 5.73 Å². The molecule has 0 atom stereocenters. The Morgan fingerprint density at radius 1 is 1.53 bits per heavy atom. The third-order valence-electron chi connectivity index (χ3n) is 2.55. The van der Waals surface area contributed by atoms with Crippen LogP contribution in [-0.4, -0.2) is 18.6 Å². The van der Waals surface area contributed by atoms with Crippen LogP contribution >= 0.6 is 11.3 Å². The van der Waals surface area contributed by atoms with Crippen LogP contribution in [-0.2, 0) is 6.42 Å². The molecule has 0 saturated carbocycles. The van der Waals surface area contributed by atoms with E-state index in [1.807, 2.05) is 0 Å². The SMILES string of the molecule is COc1ccc(F)cc1-c1nc(CCN)sc1C#N. The predicted molar refractivity (Wildman–Crippen MR) is 71.5 cm³/mol. The molecule has 6 heteroatoms. The summed E-state index contributed by atoms with van der Waals surface area (Å²) in [7, 11) is 1.50. The predicted octanol–water partition coefficient (Wildman–Crippen LogP) is 2.33. The molecule has 1 aromatic heterocycles. The van der Waals surface area contributed by atoms with E-state index in [1.54, 1.807) is 0 Å². The van der Waals surface area contributed by atoms with Gasteiger partial charge in [-0.05, 0) is 24.7 Å². The number of ether oxygens (including phenoxy) is 1. The van der Waals surface area contributed by atoms with Crippen LogP contribution in [0.1, 0.15) is 9.88 Å². The van der Waals surface area contributed by atoms with Gasteiger partial charge in [0.05, 0.1) is 12.1 Å². The molecule has 0 bridgehead atoms. The third kappa shape index (κ3) is 2.72. The van der Waals surface area contributed by atoms with Crippen molar-refractivity contribution in [3.05, 3.63) is 33.9 Å². The van der Waals surface area contributed by atoms with Gasteiger partial charge < -0.3 is 10.5 Å². The Hall–Kier alpha value is -1.97. The number of nitrogens with two attached hydrogens (primary N) is 1. The van der Waals surface area contributed by atoms with Crippen molar-refractivity contribution in [1.29, 1.82) is 5.26 Å². The number of halogens is 1. The molecular formula is C13H12FN3OS. The number of nitriles is 1. The molecule has 19 heavy (non-hydrogen) atoms. The van der Waals surface area contributed by atoms with Crippen LogP contribution in [0.4, 0.5) is 4.39 Å². The molecule has 1 aromatic carbocycles. The first-order valence-corrected chi connectivity index (χ1v) is 6.45. The van der Waals surface area contributed by atoms with Gasteiger partial charge in [0, 0.05) is 12.0 Å². The lowest BCUT2D eigenvalue weighted by atomic mass is 10.1. The lowest BCUT2D eigenvalue weighted by molar-refractivity contribution is 0.415. The summed E-state index contributed by atoms with van der Waals surface area (Å²) in [6.45, 7) is 0.456. The molecular weight excluding hydrogens is 265 g/mol. The molecule has 98 valence electrons. The maximum absolute atomic E-state index is 13.4. The van der Waals surface area contributed by atoms with Crippen molar-refractivity contribution in [2.45, 2.75) is 6.42 Å². The van der Waals surface area contributed by atoms with Gasteiger partial charge in [0.15, 0.2) is 0 Å². The highest BCUT2D eigenvalue weighted by molar-refractivity contribution is 7.12. The minimum absolute atomic E-state index is 0.395. The monoisotopic (exact) mass is 277 g/mol. The molecule has 0 spiro atoms. The molecule has 0 aliphatic carbocycles. The second kappa shape index (κ2) is 5.78. The summed E-state index contributed by atoms with van der Waals surface area (Å²) in [6.07, 6.45) is 0.594. The summed E-state index contributed by atoms with van der Waals surface area (Å²) in [4.78, 5) is 4.80. The molecule has 0 unspecified atom stereocenters. The molecule has 4 nitrogen and oxygen atoms in total. The van der Waals surface area contributed by atoms with Gasteiger partial charge in [-0.2, -0.15) is 5.26 Å². The number of hydrogen-bond donors (Lipinski definition) is 1. The maximum Gasteiger partial charge on any atom is 0.133 e. The van der Waals surface area contributed by atoms with Crippen molar-refractivity contribution < 1.29 is 9.13 Å². The summed E-state index contributed by atoms with van der Waals surface area (Å²) >= 11 is 1.27. The summed E-state index contributed by atoms with van der Waals surface area (Å²) in [5.41, 5.74) is 6.42. The Labute approximate surface area is 114 Å². The van der Waals surface area contributed by atoms with Crippen LogP contribution in [0.15, 0.2) is 18.2 Å². The van der Waals surface area contributed by atoms with Gasteiger partial charge in [0.2, 0.25) is 0 Å². The Kier molecular flexibility index (Phi) is 4.10. The van der Waals surface area contributed by atoms with Crippen LogP contribution in [0.2, 0.25) is 0 Å². The average molecular weight is 277 g/mol. The second-order valence-corrected chi connectivity index (χ2v) is 4.86. The van der Waals surface area contributed by atoms with Crippen molar-refractivity contribution in [1.82, 2.24) is 4.98 Å². The van der Waals surface area contributed by atoms with E-state index in [1.165, 1.54) is 36.6 Å². The first kappa shape index (κ1) is 13.5. The van der Waals surface area contributed by atoms with Gasteiger partial charge in [-0.1, -0.05) is 0 Å². The zero-order chi connectivity index (χ0) is 13.8. The van der Waals surface area contributed by atoms with Gasteiger partial charge in [0.1, 0.15) is 28.2 Å². The van der Waals surface area contributed by atoms with Gasteiger partial charge in [-0.25, -0.2) is 9.37 Å². The number of aromatic nitrogens is 1. The maximum atomic E-state index is 13.4. The standard InChI is InChI=1S/C13H12FN3OS/c1-18-10-3-2-8(14)6-9(10)13-11(7-16)19-12(17-13)4-5-15/h2-3,6H,4-5,15H2,1H3. The topological polar surface area (TPSA) is 71.9 Å². The van der Waals surface area contributed by atoms with Crippen LogP contribution in [0, 0.1) is 17.1 Å². The number of thiazole rings is 1. The minimum Gasteiger partial charge on any atom is -0.496 e. The van der Waals surface area contributed by atoms with E-state index in [9.17, 15) is 4.39 Å². The van der Waals surface area contributed by atoms with E-state index >= 15 is 0 Å².